The van der Waals surface area contributed by atoms with Crippen molar-refractivity contribution in [1.82, 2.24) is 4.90 Å². The van der Waals surface area contributed by atoms with Crippen LogP contribution in [-0.4, -0.2) is 35.6 Å². The number of Topliss-reactive ketones (excluding diaryl/α,β-unsaturated/α-hetero) is 1. The zero-order valence-electron chi connectivity index (χ0n) is 16.3. The molecule has 0 radical (unpaired) electrons. The number of imide groups is 1. The summed E-state index contributed by atoms with van der Waals surface area (Å²) in [5.41, 5.74) is 1.55. The number of ether oxygens (including phenoxy) is 1. The maximum Gasteiger partial charge on any atom is 0.336 e. The highest BCUT2D eigenvalue weighted by molar-refractivity contribution is 6.21. The highest BCUT2D eigenvalue weighted by Gasteiger charge is 2.34. The predicted molar refractivity (Wildman–Crippen MR) is 109 cm³/mol. The molecule has 3 aromatic rings. The lowest BCUT2D eigenvalue weighted by Crippen LogP contribution is -2.32. The van der Waals surface area contributed by atoms with Gasteiger partial charge in [0.25, 0.3) is 11.8 Å². The molecule has 0 atom stereocenters. The fraction of sp³-hybridized carbons (Fsp3) is 0.217. The topological polar surface area (TPSA) is 93.9 Å². The highest BCUT2D eigenvalue weighted by Crippen LogP contribution is 2.24. The first-order valence-electron chi connectivity index (χ1n) is 9.64. The van der Waals surface area contributed by atoms with Crippen LogP contribution in [0.2, 0.25) is 0 Å². The van der Waals surface area contributed by atoms with E-state index in [1.807, 2.05) is 6.92 Å². The molecule has 1 aromatic heterocycles. The summed E-state index contributed by atoms with van der Waals surface area (Å²) < 4.78 is 10.7. The van der Waals surface area contributed by atoms with Crippen LogP contribution in [0.15, 0.2) is 57.7 Å². The molecule has 0 bridgehead atoms. The molecule has 0 aliphatic carbocycles. The van der Waals surface area contributed by atoms with Gasteiger partial charge in [-0.3, -0.25) is 19.3 Å². The summed E-state index contributed by atoms with van der Waals surface area (Å²) in [7, 11) is 0. The summed E-state index contributed by atoms with van der Waals surface area (Å²) in [6, 6.07) is 13.1. The Morgan fingerprint density at radius 2 is 1.70 bits per heavy atom. The van der Waals surface area contributed by atoms with E-state index in [1.54, 1.807) is 42.5 Å². The molecule has 1 aliphatic heterocycles. The van der Waals surface area contributed by atoms with Crippen molar-refractivity contribution >= 4 is 28.6 Å². The molecule has 7 nitrogen and oxygen atoms in total. The zero-order valence-corrected chi connectivity index (χ0v) is 16.3. The third kappa shape index (κ3) is 3.61. The van der Waals surface area contributed by atoms with Crippen LogP contribution in [0.25, 0.3) is 11.0 Å². The Hall–Kier alpha value is -3.74. The molecule has 0 saturated carbocycles. The number of carbonyl (C=O) groups excluding carboxylic acids is 3. The fourth-order valence-corrected chi connectivity index (χ4v) is 3.51. The van der Waals surface area contributed by atoms with Gasteiger partial charge >= 0.3 is 5.63 Å². The molecule has 4 rings (SSSR count). The van der Waals surface area contributed by atoms with Crippen LogP contribution in [0, 0.1) is 0 Å². The van der Waals surface area contributed by atoms with Crippen molar-refractivity contribution in [3.63, 3.8) is 0 Å². The molecule has 7 heteroatoms. The Labute approximate surface area is 171 Å². The number of aryl methyl sites for hydroxylation is 1. The number of carbonyl (C=O) groups is 3. The Morgan fingerprint density at radius 3 is 2.37 bits per heavy atom. The summed E-state index contributed by atoms with van der Waals surface area (Å²) >= 11 is 0. The van der Waals surface area contributed by atoms with Gasteiger partial charge < -0.3 is 9.15 Å². The number of rotatable bonds is 7. The molecular formula is C23H19NO6. The van der Waals surface area contributed by atoms with E-state index in [-0.39, 0.29) is 37.2 Å². The SMILES string of the molecule is CCc1cc(=O)oc2cc(OCC(=O)CCN3C(=O)c4ccccc4C3=O)ccc12. The Balaban J connectivity index is 1.37. The summed E-state index contributed by atoms with van der Waals surface area (Å²) in [4.78, 5) is 49.6. The third-order valence-corrected chi connectivity index (χ3v) is 5.07. The molecule has 0 saturated heterocycles. The maximum absolute atomic E-state index is 12.3. The monoisotopic (exact) mass is 405 g/mol. The number of hydrogen-bond donors (Lipinski definition) is 0. The first kappa shape index (κ1) is 19.6. The number of ketones is 1. The number of fused-ring (bicyclic) bond motifs is 2. The number of amides is 2. The molecule has 30 heavy (non-hydrogen) atoms. The van der Waals surface area contributed by atoms with Gasteiger partial charge in [0.15, 0.2) is 5.78 Å². The van der Waals surface area contributed by atoms with Crippen molar-refractivity contribution < 1.29 is 23.5 Å². The summed E-state index contributed by atoms with van der Waals surface area (Å²) in [5, 5.41) is 0.821. The second-order valence-corrected chi connectivity index (χ2v) is 6.99. The minimum absolute atomic E-state index is 0.000988. The van der Waals surface area contributed by atoms with Crippen LogP contribution in [0.5, 0.6) is 5.75 Å². The average Bonchev–Trinajstić information content (AvgIpc) is 3.00. The minimum atomic E-state index is -0.437. The molecule has 2 heterocycles. The van der Waals surface area contributed by atoms with Gasteiger partial charge in [0, 0.05) is 30.5 Å². The number of benzene rings is 2. The van der Waals surface area contributed by atoms with E-state index in [2.05, 4.69) is 0 Å². The molecule has 2 aromatic carbocycles. The summed E-state index contributed by atoms with van der Waals surface area (Å²) in [6.07, 6.45) is 0.687. The van der Waals surface area contributed by atoms with Crippen LogP contribution >= 0.6 is 0 Å². The molecule has 0 N–H and O–H groups in total. The molecule has 0 spiro atoms. The standard InChI is InChI=1S/C23H19NO6/c1-2-14-11-21(26)30-20-12-16(7-8-17(14)20)29-13-15(25)9-10-24-22(27)18-5-3-4-6-19(18)23(24)28/h3-8,11-12H,2,9-10,13H2,1H3. The molecule has 1 aliphatic rings. The minimum Gasteiger partial charge on any atom is -0.486 e. The van der Waals surface area contributed by atoms with Crippen molar-refractivity contribution in [1.29, 1.82) is 0 Å². The van der Waals surface area contributed by atoms with E-state index in [9.17, 15) is 19.2 Å². The Bertz CT molecular complexity index is 1190. The van der Waals surface area contributed by atoms with Crippen LogP contribution < -0.4 is 10.4 Å². The average molecular weight is 405 g/mol. The smallest absolute Gasteiger partial charge is 0.336 e. The van der Waals surface area contributed by atoms with Gasteiger partial charge in [-0.05, 0) is 36.2 Å². The van der Waals surface area contributed by atoms with Gasteiger partial charge in [0.1, 0.15) is 17.9 Å². The quantitative estimate of drug-likeness (QED) is 0.443. The van der Waals surface area contributed by atoms with Gasteiger partial charge in [-0.2, -0.15) is 0 Å². The summed E-state index contributed by atoms with van der Waals surface area (Å²) in [5.74, 6) is -0.635. The van der Waals surface area contributed by atoms with Crippen LogP contribution in [0.1, 0.15) is 39.6 Å². The molecule has 0 unspecified atom stereocenters. The van der Waals surface area contributed by atoms with E-state index in [0.29, 0.717) is 28.9 Å². The van der Waals surface area contributed by atoms with Gasteiger partial charge in [-0.15, -0.1) is 0 Å². The van der Waals surface area contributed by atoms with Crippen molar-refractivity contribution in [2.45, 2.75) is 19.8 Å². The second-order valence-electron chi connectivity index (χ2n) is 6.99. The van der Waals surface area contributed by atoms with Crippen LogP contribution in [0.4, 0.5) is 0 Å². The van der Waals surface area contributed by atoms with E-state index in [4.69, 9.17) is 9.15 Å². The summed E-state index contributed by atoms with van der Waals surface area (Å²) in [6.45, 7) is 1.74. The van der Waals surface area contributed by atoms with Crippen molar-refractivity contribution in [3.05, 3.63) is 75.6 Å². The number of nitrogens with zero attached hydrogens (tertiary/aromatic N) is 1. The lowest BCUT2D eigenvalue weighted by molar-refractivity contribution is -0.121. The van der Waals surface area contributed by atoms with Gasteiger partial charge in [0.2, 0.25) is 0 Å². The van der Waals surface area contributed by atoms with E-state index in [1.165, 1.54) is 6.07 Å². The fourth-order valence-electron chi connectivity index (χ4n) is 3.51. The first-order chi connectivity index (χ1) is 14.5. The van der Waals surface area contributed by atoms with Gasteiger partial charge in [-0.1, -0.05) is 19.1 Å². The van der Waals surface area contributed by atoms with Crippen molar-refractivity contribution in [2.75, 3.05) is 13.2 Å². The maximum atomic E-state index is 12.3. The molecule has 0 fully saturated rings. The first-order valence-corrected chi connectivity index (χ1v) is 9.64. The zero-order chi connectivity index (χ0) is 21.3. The van der Waals surface area contributed by atoms with E-state index < -0.39 is 5.63 Å². The Morgan fingerprint density at radius 1 is 1.00 bits per heavy atom. The van der Waals surface area contributed by atoms with Crippen molar-refractivity contribution in [2.24, 2.45) is 0 Å². The third-order valence-electron chi connectivity index (χ3n) is 5.07. The van der Waals surface area contributed by atoms with Crippen LogP contribution in [-0.2, 0) is 11.2 Å². The van der Waals surface area contributed by atoms with Crippen LogP contribution in [0.3, 0.4) is 0 Å². The van der Waals surface area contributed by atoms with Gasteiger partial charge in [-0.25, -0.2) is 4.79 Å². The number of hydrogen-bond acceptors (Lipinski definition) is 6. The lowest BCUT2D eigenvalue weighted by atomic mass is 10.1. The molecular weight excluding hydrogens is 386 g/mol. The van der Waals surface area contributed by atoms with E-state index >= 15 is 0 Å². The van der Waals surface area contributed by atoms with Gasteiger partial charge in [0.05, 0.1) is 11.1 Å². The largest absolute Gasteiger partial charge is 0.486 e. The molecule has 152 valence electrons. The van der Waals surface area contributed by atoms with E-state index in [0.717, 1.165) is 15.8 Å². The van der Waals surface area contributed by atoms with Crippen molar-refractivity contribution in [3.8, 4) is 5.75 Å². The lowest BCUT2D eigenvalue weighted by Gasteiger charge is -2.13. The normalized spacial score (nSPS) is 13.0. The molecule has 2 amide bonds. The Kier molecular flexibility index (Phi) is 5.18. The predicted octanol–water partition coefficient (Wildman–Crippen LogP) is 2.99. The second kappa shape index (κ2) is 7.94. The highest BCUT2D eigenvalue weighted by atomic mass is 16.5.